The number of aliphatic carboxylic acids is 1. The normalized spacial score (nSPS) is 9.62. The van der Waals surface area contributed by atoms with Crippen LogP contribution in [-0.4, -0.2) is 28.5 Å². The number of carbonyl (C=O) groups is 2. The smallest absolute Gasteiger partial charge is 0.322 e. The van der Waals surface area contributed by atoms with Gasteiger partial charge >= 0.3 is 5.97 Å². The minimum Gasteiger partial charge on any atom is -0.480 e. The molecule has 0 spiro atoms. The van der Waals surface area contributed by atoms with E-state index in [9.17, 15) is 9.59 Å². The Bertz CT molecular complexity index is 330. The number of carboxylic acid groups (broad SMARTS) is 1. The van der Waals surface area contributed by atoms with Gasteiger partial charge in [-0.25, -0.2) is 0 Å². The van der Waals surface area contributed by atoms with Crippen molar-refractivity contribution in [2.75, 3.05) is 6.54 Å². The maximum atomic E-state index is 11.2. The summed E-state index contributed by atoms with van der Waals surface area (Å²) in [6, 6.07) is 3.35. The number of hydrogen-bond acceptors (Lipinski definition) is 2. The molecule has 0 fully saturated rings. The first-order valence-corrected chi connectivity index (χ1v) is 3.75. The number of aryl methyl sites for hydroxylation is 1. The summed E-state index contributed by atoms with van der Waals surface area (Å²) in [7, 11) is 0. The third-order valence-corrected chi connectivity index (χ3v) is 1.48. The van der Waals surface area contributed by atoms with E-state index in [0.717, 1.165) is 5.69 Å². The number of amides is 1. The van der Waals surface area contributed by atoms with E-state index in [0.29, 0.717) is 5.69 Å². The van der Waals surface area contributed by atoms with Crippen molar-refractivity contribution in [2.45, 2.75) is 6.92 Å². The number of H-pyrrole nitrogens is 1. The van der Waals surface area contributed by atoms with Crippen LogP contribution in [0, 0.1) is 6.92 Å². The van der Waals surface area contributed by atoms with Crippen molar-refractivity contribution in [2.24, 2.45) is 0 Å². The van der Waals surface area contributed by atoms with Crippen LogP contribution in [0.15, 0.2) is 12.1 Å². The monoisotopic (exact) mass is 182 g/mol. The first-order chi connectivity index (χ1) is 6.09. The van der Waals surface area contributed by atoms with Gasteiger partial charge in [0.15, 0.2) is 0 Å². The van der Waals surface area contributed by atoms with Gasteiger partial charge in [-0.3, -0.25) is 9.59 Å². The van der Waals surface area contributed by atoms with Gasteiger partial charge in [0, 0.05) is 5.69 Å². The van der Waals surface area contributed by atoms with Crippen molar-refractivity contribution in [3.05, 3.63) is 23.5 Å². The Hall–Kier alpha value is -1.78. The van der Waals surface area contributed by atoms with Crippen LogP contribution in [0.2, 0.25) is 0 Å². The van der Waals surface area contributed by atoms with Gasteiger partial charge in [-0.2, -0.15) is 0 Å². The molecule has 1 amide bonds. The SMILES string of the molecule is Cc1ccc(C(=O)NCC(=O)O)[nH]1. The molecule has 0 aliphatic heterocycles. The highest BCUT2D eigenvalue weighted by Crippen LogP contribution is 1.99. The zero-order valence-electron chi connectivity index (χ0n) is 7.13. The van der Waals surface area contributed by atoms with E-state index >= 15 is 0 Å². The van der Waals surface area contributed by atoms with Gasteiger partial charge in [-0.1, -0.05) is 0 Å². The molecule has 0 aliphatic carbocycles. The molecule has 13 heavy (non-hydrogen) atoms. The molecule has 0 bridgehead atoms. The van der Waals surface area contributed by atoms with Gasteiger partial charge < -0.3 is 15.4 Å². The summed E-state index contributed by atoms with van der Waals surface area (Å²) in [6.07, 6.45) is 0. The molecule has 5 heteroatoms. The Labute approximate surface area is 74.8 Å². The van der Waals surface area contributed by atoms with Crippen molar-refractivity contribution in [3.8, 4) is 0 Å². The second kappa shape index (κ2) is 3.75. The van der Waals surface area contributed by atoms with Crippen LogP contribution in [0.3, 0.4) is 0 Å². The fourth-order valence-electron chi connectivity index (χ4n) is 0.888. The summed E-state index contributed by atoms with van der Waals surface area (Å²) in [6.45, 7) is 1.45. The minimum atomic E-state index is -1.06. The van der Waals surface area contributed by atoms with Crippen LogP contribution < -0.4 is 5.32 Å². The molecular weight excluding hydrogens is 172 g/mol. The number of hydrogen-bond donors (Lipinski definition) is 3. The molecule has 1 heterocycles. The zero-order valence-corrected chi connectivity index (χ0v) is 7.13. The molecule has 0 atom stereocenters. The van der Waals surface area contributed by atoms with Crippen LogP contribution in [0.5, 0.6) is 0 Å². The molecule has 70 valence electrons. The lowest BCUT2D eigenvalue weighted by Crippen LogP contribution is -2.29. The van der Waals surface area contributed by atoms with Crippen molar-refractivity contribution in [3.63, 3.8) is 0 Å². The molecule has 3 N–H and O–H groups in total. The maximum absolute atomic E-state index is 11.2. The minimum absolute atomic E-state index is 0.364. The van der Waals surface area contributed by atoms with Gasteiger partial charge in [-0.05, 0) is 19.1 Å². The van der Waals surface area contributed by atoms with Crippen molar-refractivity contribution < 1.29 is 14.7 Å². The largest absolute Gasteiger partial charge is 0.480 e. The summed E-state index contributed by atoms with van der Waals surface area (Å²) in [5.41, 5.74) is 1.24. The molecule has 0 saturated carbocycles. The van der Waals surface area contributed by atoms with E-state index in [1.807, 2.05) is 6.92 Å². The summed E-state index contributed by atoms with van der Waals surface area (Å²) < 4.78 is 0. The van der Waals surface area contributed by atoms with Crippen LogP contribution in [0.25, 0.3) is 0 Å². The first kappa shape index (κ1) is 9.31. The van der Waals surface area contributed by atoms with Crippen LogP contribution >= 0.6 is 0 Å². The third-order valence-electron chi connectivity index (χ3n) is 1.48. The molecule has 5 nitrogen and oxygen atoms in total. The molecule has 1 rings (SSSR count). The van der Waals surface area contributed by atoms with E-state index in [4.69, 9.17) is 5.11 Å². The van der Waals surface area contributed by atoms with Gasteiger partial charge in [0.2, 0.25) is 0 Å². The Morgan fingerprint density at radius 2 is 2.23 bits per heavy atom. The highest BCUT2D eigenvalue weighted by molar-refractivity contribution is 5.94. The molecule has 0 aliphatic rings. The Balaban J connectivity index is 2.54. The molecule has 1 aromatic heterocycles. The van der Waals surface area contributed by atoms with Crippen LogP contribution in [-0.2, 0) is 4.79 Å². The standard InChI is InChI=1S/C8H10N2O3/c1-5-2-3-6(10-5)8(13)9-4-7(11)12/h2-3,10H,4H2,1H3,(H,9,13)(H,11,12). The van der Waals surface area contributed by atoms with Gasteiger partial charge in [0.1, 0.15) is 12.2 Å². The summed E-state index contributed by atoms with van der Waals surface area (Å²) >= 11 is 0. The fraction of sp³-hybridized carbons (Fsp3) is 0.250. The highest BCUT2D eigenvalue weighted by Gasteiger charge is 2.07. The van der Waals surface area contributed by atoms with Crippen LogP contribution in [0.4, 0.5) is 0 Å². The van der Waals surface area contributed by atoms with E-state index in [2.05, 4.69) is 10.3 Å². The lowest BCUT2D eigenvalue weighted by Gasteiger charge is -1.98. The fourth-order valence-corrected chi connectivity index (χ4v) is 0.888. The second-order valence-electron chi connectivity index (χ2n) is 2.63. The maximum Gasteiger partial charge on any atom is 0.322 e. The molecule has 0 unspecified atom stereocenters. The van der Waals surface area contributed by atoms with E-state index < -0.39 is 11.9 Å². The molecule has 1 aromatic rings. The van der Waals surface area contributed by atoms with Gasteiger partial charge in [-0.15, -0.1) is 0 Å². The number of nitrogens with one attached hydrogen (secondary N) is 2. The Kier molecular flexibility index (Phi) is 2.69. The number of aromatic nitrogens is 1. The summed E-state index contributed by atoms with van der Waals surface area (Å²) in [5.74, 6) is -1.47. The topological polar surface area (TPSA) is 82.2 Å². The van der Waals surface area contributed by atoms with Gasteiger partial charge in [0.05, 0.1) is 0 Å². The number of carboxylic acids is 1. The van der Waals surface area contributed by atoms with Crippen molar-refractivity contribution in [1.82, 2.24) is 10.3 Å². The second-order valence-corrected chi connectivity index (χ2v) is 2.63. The first-order valence-electron chi connectivity index (χ1n) is 3.75. The Morgan fingerprint density at radius 3 is 2.69 bits per heavy atom. The predicted molar refractivity (Wildman–Crippen MR) is 45.5 cm³/mol. The lowest BCUT2D eigenvalue weighted by molar-refractivity contribution is -0.135. The number of rotatable bonds is 3. The van der Waals surface area contributed by atoms with Crippen molar-refractivity contribution in [1.29, 1.82) is 0 Å². The lowest BCUT2D eigenvalue weighted by atomic mass is 10.4. The zero-order chi connectivity index (χ0) is 9.84. The average Bonchev–Trinajstić information content (AvgIpc) is 2.47. The Morgan fingerprint density at radius 1 is 1.54 bits per heavy atom. The molecular formula is C8H10N2O3. The van der Waals surface area contributed by atoms with E-state index in [1.54, 1.807) is 12.1 Å². The van der Waals surface area contributed by atoms with Crippen molar-refractivity contribution >= 4 is 11.9 Å². The number of carbonyl (C=O) groups excluding carboxylic acids is 1. The quantitative estimate of drug-likeness (QED) is 0.621. The molecule has 0 radical (unpaired) electrons. The summed E-state index contributed by atoms with van der Waals surface area (Å²) in [5, 5.41) is 10.5. The number of aromatic amines is 1. The molecule has 0 saturated heterocycles. The third kappa shape index (κ3) is 2.62. The molecule has 0 aromatic carbocycles. The predicted octanol–water partition coefficient (Wildman–Crippen LogP) is 0.138. The van der Waals surface area contributed by atoms with Gasteiger partial charge in [0.25, 0.3) is 5.91 Å². The summed E-state index contributed by atoms with van der Waals surface area (Å²) in [4.78, 5) is 24.1. The van der Waals surface area contributed by atoms with E-state index in [1.165, 1.54) is 0 Å². The highest BCUT2D eigenvalue weighted by atomic mass is 16.4. The van der Waals surface area contributed by atoms with E-state index in [-0.39, 0.29) is 6.54 Å². The van der Waals surface area contributed by atoms with Crippen LogP contribution in [0.1, 0.15) is 16.2 Å². The average molecular weight is 182 g/mol.